The molecule has 33 heavy (non-hydrogen) atoms. The third kappa shape index (κ3) is 5.55. The Morgan fingerprint density at radius 1 is 1.09 bits per heavy atom. The van der Waals surface area contributed by atoms with E-state index in [1.807, 2.05) is 19.9 Å². The molecule has 1 atom stereocenters. The molecule has 0 bridgehead atoms. The minimum absolute atomic E-state index is 0.0661. The highest BCUT2D eigenvalue weighted by molar-refractivity contribution is 7.89. The smallest absolute Gasteiger partial charge is 0.243 e. The fourth-order valence-electron chi connectivity index (χ4n) is 4.33. The van der Waals surface area contributed by atoms with Crippen molar-refractivity contribution in [3.8, 4) is 5.75 Å². The summed E-state index contributed by atoms with van der Waals surface area (Å²) in [4.78, 5) is 13.0. The zero-order valence-electron chi connectivity index (χ0n) is 19.9. The second-order valence-corrected chi connectivity index (χ2v) is 10.9. The summed E-state index contributed by atoms with van der Waals surface area (Å²) in [7, 11) is -2.04. The molecule has 1 aliphatic heterocycles. The molecule has 1 aliphatic rings. The quantitative estimate of drug-likeness (QED) is 0.636. The lowest BCUT2D eigenvalue weighted by molar-refractivity contribution is -0.126. The molecule has 3 rings (SSSR count). The van der Waals surface area contributed by atoms with Gasteiger partial charge >= 0.3 is 0 Å². The van der Waals surface area contributed by atoms with E-state index in [1.165, 1.54) is 16.4 Å². The van der Waals surface area contributed by atoms with Crippen LogP contribution in [-0.4, -0.2) is 38.8 Å². The van der Waals surface area contributed by atoms with Crippen molar-refractivity contribution in [1.82, 2.24) is 9.62 Å². The van der Waals surface area contributed by atoms with Crippen LogP contribution in [0, 0.1) is 18.7 Å². The van der Waals surface area contributed by atoms with Gasteiger partial charge in [-0.25, -0.2) is 12.8 Å². The predicted molar refractivity (Wildman–Crippen MR) is 126 cm³/mol. The van der Waals surface area contributed by atoms with Gasteiger partial charge in [0.1, 0.15) is 11.6 Å². The number of carbonyl (C=O) groups excluding carboxylic acids is 1. The van der Waals surface area contributed by atoms with Crippen molar-refractivity contribution < 1.29 is 22.3 Å². The molecule has 0 aromatic heterocycles. The topological polar surface area (TPSA) is 75.7 Å². The van der Waals surface area contributed by atoms with Gasteiger partial charge in [-0.2, -0.15) is 4.31 Å². The first-order chi connectivity index (χ1) is 15.5. The van der Waals surface area contributed by atoms with Gasteiger partial charge in [0.2, 0.25) is 15.9 Å². The van der Waals surface area contributed by atoms with E-state index in [0.29, 0.717) is 12.8 Å². The zero-order chi connectivity index (χ0) is 24.3. The van der Waals surface area contributed by atoms with Gasteiger partial charge in [-0.15, -0.1) is 0 Å². The summed E-state index contributed by atoms with van der Waals surface area (Å²) in [6.45, 7) is 8.69. The van der Waals surface area contributed by atoms with E-state index in [2.05, 4.69) is 25.2 Å². The lowest BCUT2D eigenvalue weighted by Crippen LogP contribution is -2.43. The number of sulfonamides is 1. The number of aryl methyl sites for hydroxylation is 1. The third-order valence-corrected chi connectivity index (χ3v) is 8.25. The first-order valence-corrected chi connectivity index (χ1v) is 12.7. The summed E-state index contributed by atoms with van der Waals surface area (Å²) >= 11 is 0. The second kappa shape index (κ2) is 10.2. The van der Waals surface area contributed by atoms with Crippen molar-refractivity contribution >= 4 is 15.9 Å². The highest BCUT2D eigenvalue weighted by atomic mass is 32.2. The summed E-state index contributed by atoms with van der Waals surface area (Å²) in [6, 6.07) is 8.75. The van der Waals surface area contributed by atoms with Crippen molar-refractivity contribution in [1.29, 1.82) is 0 Å². The van der Waals surface area contributed by atoms with Gasteiger partial charge in [-0.05, 0) is 85.7 Å². The third-order valence-electron chi connectivity index (χ3n) is 6.34. The van der Waals surface area contributed by atoms with E-state index >= 15 is 0 Å². The van der Waals surface area contributed by atoms with E-state index in [1.54, 1.807) is 7.11 Å². The average molecular weight is 477 g/mol. The Morgan fingerprint density at radius 3 is 2.24 bits per heavy atom. The molecule has 0 unspecified atom stereocenters. The maximum atomic E-state index is 13.1. The first kappa shape index (κ1) is 25.2. The van der Waals surface area contributed by atoms with Crippen molar-refractivity contribution in [2.75, 3.05) is 20.2 Å². The number of piperidine rings is 1. The number of amides is 1. The molecule has 2 aromatic carbocycles. The van der Waals surface area contributed by atoms with E-state index < -0.39 is 15.8 Å². The van der Waals surface area contributed by atoms with Crippen molar-refractivity contribution in [3.05, 3.63) is 58.9 Å². The number of hydrogen-bond acceptors (Lipinski definition) is 4. The van der Waals surface area contributed by atoms with Crippen molar-refractivity contribution in [2.45, 2.75) is 57.4 Å². The molecule has 0 saturated carbocycles. The van der Waals surface area contributed by atoms with Gasteiger partial charge in [0.05, 0.1) is 18.0 Å². The number of hydrogen-bond donors (Lipinski definition) is 1. The molecule has 8 heteroatoms. The van der Waals surface area contributed by atoms with Crippen LogP contribution < -0.4 is 10.1 Å². The molecule has 0 radical (unpaired) electrons. The van der Waals surface area contributed by atoms with Gasteiger partial charge in [0, 0.05) is 19.0 Å². The van der Waals surface area contributed by atoms with Crippen LogP contribution in [0.4, 0.5) is 4.39 Å². The Morgan fingerprint density at radius 2 is 1.70 bits per heavy atom. The molecule has 6 nitrogen and oxygen atoms in total. The maximum absolute atomic E-state index is 13.1. The fourth-order valence-corrected chi connectivity index (χ4v) is 5.80. The number of carbonyl (C=O) groups is 1. The second-order valence-electron chi connectivity index (χ2n) is 8.97. The molecule has 180 valence electrons. The molecule has 0 spiro atoms. The van der Waals surface area contributed by atoms with Gasteiger partial charge in [-0.3, -0.25) is 4.79 Å². The van der Waals surface area contributed by atoms with Gasteiger partial charge in [0.15, 0.2) is 0 Å². The van der Waals surface area contributed by atoms with Crippen LogP contribution in [0.15, 0.2) is 41.3 Å². The highest BCUT2D eigenvalue weighted by Crippen LogP contribution is 2.32. The van der Waals surface area contributed by atoms with Crippen LogP contribution in [0.1, 0.15) is 62.3 Å². The summed E-state index contributed by atoms with van der Waals surface area (Å²) in [5.41, 5.74) is 3.19. The molecule has 0 aliphatic carbocycles. The number of ether oxygens (including phenoxy) is 1. The number of nitrogens with zero attached hydrogens (tertiary/aromatic N) is 1. The normalized spacial score (nSPS) is 16.6. The van der Waals surface area contributed by atoms with Crippen LogP contribution >= 0.6 is 0 Å². The van der Waals surface area contributed by atoms with Gasteiger partial charge in [-0.1, -0.05) is 13.8 Å². The number of rotatable bonds is 7. The molecular weight excluding hydrogens is 443 g/mol. The molecular formula is C25H33FN2O4S. The van der Waals surface area contributed by atoms with Crippen LogP contribution in [0.3, 0.4) is 0 Å². The molecule has 1 amide bonds. The highest BCUT2D eigenvalue weighted by Gasteiger charge is 2.32. The number of methoxy groups -OCH3 is 1. The minimum atomic E-state index is -3.70. The number of nitrogens with one attached hydrogen (secondary N) is 1. The Balaban J connectivity index is 1.65. The largest absolute Gasteiger partial charge is 0.496 e. The Kier molecular flexibility index (Phi) is 7.80. The van der Waals surface area contributed by atoms with Crippen LogP contribution in [0.25, 0.3) is 0 Å². The lowest BCUT2D eigenvalue weighted by atomic mass is 9.92. The Hall–Kier alpha value is -2.45. The average Bonchev–Trinajstić information content (AvgIpc) is 2.78. The predicted octanol–water partition coefficient (Wildman–Crippen LogP) is 4.54. The zero-order valence-corrected chi connectivity index (χ0v) is 20.7. The lowest BCUT2D eigenvalue weighted by Gasteiger charge is -2.31. The summed E-state index contributed by atoms with van der Waals surface area (Å²) < 4.78 is 45.6. The summed E-state index contributed by atoms with van der Waals surface area (Å²) in [6.07, 6.45) is 0.885. The SMILES string of the molecule is COc1cc(C)c([C@H](C)NC(=O)C2CCN(S(=O)(=O)c3ccc(F)cc3)CC2)cc1C(C)C. The van der Waals surface area contributed by atoms with Crippen molar-refractivity contribution in [2.24, 2.45) is 5.92 Å². The van der Waals surface area contributed by atoms with E-state index in [4.69, 9.17) is 4.74 Å². The van der Waals surface area contributed by atoms with E-state index in [0.717, 1.165) is 34.6 Å². The molecule has 1 saturated heterocycles. The van der Waals surface area contributed by atoms with Crippen LogP contribution in [0.5, 0.6) is 5.75 Å². The van der Waals surface area contributed by atoms with Crippen LogP contribution in [-0.2, 0) is 14.8 Å². The molecule has 1 N–H and O–H groups in total. The van der Waals surface area contributed by atoms with Crippen LogP contribution in [0.2, 0.25) is 0 Å². The van der Waals surface area contributed by atoms with Gasteiger partial charge < -0.3 is 10.1 Å². The fraction of sp³-hybridized carbons (Fsp3) is 0.480. The van der Waals surface area contributed by atoms with E-state index in [-0.39, 0.29) is 41.8 Å². The molecule has 1 heterocycles. The van der Waals surface area contributed by atoms with Crippen molar-refractivity contribution in [3.63, 3.8) is 0 Å². The Bertz CT molecular complexity index is 1090. The maximum Gasteiger partial charge on any atom is 0.243 e. The first-order valence-electron chi connectivity index (χ1n) is 11.3. The molecule has 1 fully saturated rings. The number of benzene rings is 2. The van der Waals surface area contributed by atoms with E-state index in [9.17, 15) is 17.6 Å². The van der Waals surface area contributed by atoms with Gasteiger partial charge in [0.25, 0.3) is 0 Å². The minimum Gasteiger partial charge on any atom is -0.496 e. The summed E-state index contributed by atoms with van der Waals surface area (Å²) in [5.74, 6) is 0.332. The monoisotopic (exact) mass is 476 g/mol. The standard InChI is InChI=1S/C25H33FN2O4S/c1-16(2)22-15-23(17(3)14-24(22)32-5)18(4)27-25(29)19-10-12-28(13-11-19)33(30,31)21-8-6-20(26)7-9-21/h6-9,14-16,18-19H,10-13H2,1-5H3,(H,27,29)/t18-/m0/s1. The molecule has 2 aromatic rings. The number of halogens is 1. The Labute approximate surface area is 196 Å². The summed E-state index contributed by atoms with van der Waals surface area (Å²) in [5, 5.41) is 3.11.